The molecule has 0 aromatic carbocycles. The Morgan fingerprint density at radius 2 is 2.16 bits per heavy atom. The standard InChI is InChI=1S/C15H23BrN2O/c1-2-9-17-13-5-7-15(19,8-6-13)10-14-4-3-12(16)11-18-14/h3-4,11,13,17,19H,2,5-10H2,1H3. The lowest BCUT2D eigenvalue weighted by Crippen LogP contribution is -2.42. The van der Waals surface area contributed by atoms with Crippen molar-refractivity contribution in [1.82, 2.24) is 10.3 Å². The first kappa shape index (κ1) is 14.9. The van der Waals surface area contributed by atoms with E-state index in [9.17, 15) is 5.11 Å². The van der Waals surface area contributed by atoms with E-state index in [2.05, 4.69) is 33.2 Å². The zero-order valence-electron chi connectivity index (χ0n) is 11.5. The first-order valence-corrected chi connectivity index (χ1v) is 7.97. The molecule has 1 aliphatic rings. The van der Waals surface area contributed by atoms with Crippen molar-refractivity contribution in [2.45, 2.75) is 57.1 Å². The monoisotopic (exact) mass is 326 g/mol. The Kier molecular flexibility index (Phi) is 5.37. The van der Waals surface area contributed by atoms with Crippen LogP contribution in [0.15, 0.2) is 22.8 Å². The molecular weight excluding hydrogens is 304 g/mol. The van der Waals surface area contributed by atoms with Gasteiger partial charge in [-0.15, -0.1) is 0 Å². The molecule has 1 saturated carbocycles. The van der Waals surface area contributed by atoms with Crippen LogP contribution in [-0.4, -0.2) is 28.3 Å². The van der Waals surface area contributed by atoms with Gasteiger partial charge in [0.1, 0.15) is 0 Å². The molecule has 0 saturated heterocycles. The number of aliphatic hydroxyl groups is 1. The molecule has 1 aromatic heterocycles. The number of nitrogens with one attached hydrogen (secondary N) is 1. The summed E-state index contributed by atoms with van der Waals surface area (Å²) < 4.78 is 0.982. The van der Waals surface area contributed by atoms with Crippen molar-refractivity contribution < 1.29 is 5.11 Å². The van der Waals surface area contributed by atoms with Crippen molar-refractivity contribution in [2.24, 2.45) is 0 Å². The molecule has 19 heavy (non-hydrogen) atoms. The zero-order chi connectivity index (χ0) is 13.7. The summed E-state index contributed by atoms with van der Waals surface area (Å²) in [6.45, 7) is 3.27. The fourth-order valence-electron chi connectivity index (χ4n) is 2.73. The number of hydrogen-bond acceptors (Lipinski definition) is 3. The smallest absolute Gasteiger partial charge is 0.0704 e. The minimum atomic E-state index is -0.564. The number of pyridine rings is 1. The van der Waals surface area contributed by atoms with Gasteiger partial charge in [-0.1, -0.05) is 6.92 Å². The highest BCUT2D eigenvalue weighted by molar-refractivity contribution is 9.10. The maximum absolute atomic E-state index is 10.7. The molecule has 0 amide bonds. The molecule has 1 fully saturated rings. The molecule has 1 aromatic rings. The highest BCUT2D eigenvalue weighted by atomic mass is 79.9. The molecule has 1 aliphatic carbocycles. The maximum atomic E-state index is 10.7. The van der Waals surface area contributed by atoms with Gasteiger partial charge in [0.2, 0.25) is 0 Å². The minimum absolute atomic E-state index is 0.564. The van der Waals surface area contributed by atoms with Crippen molar-refractivity contribution in [2.75, 3.05) is 6.54 Å². The predicted molar refractivity (Wildman–Crippen MR) is 81.1 cm³/mol. The van der Waals surface area contributed by atoms with Gasteiger partial charge in [0.25, 0.3) is 0 Å². The first-order chi connectivity index (χ1) is 9.11. The van der Waals surface area contributed by atoms with Crippen LogP contribution in [0.5, 0.6) is 0 Å². The summed E-state index contributed by atoms with van der Waals surface area (Å²) in [4.78, 5) is 4.36. The maximum Gasteiger partial charge on any atom is 0.0704 e. The van der Waals surface area contributed by atoms with Crippen LogP contribution in [0, 0.1) is 0 Å². The van der Waals surface area contributed by atoms with E-state index >= 15 is 0 Å². The highest BCUT2D eigenvalue weighted by Crippen LogP contribution is 2.31. The van der Waals surface area contributed by atoms with Gasteiger partial charge >= 0.3 is 0 Å². The third-order valence-corrected chi connectivity index (χ3v) is 4.37. The van der Waals surface area contributed by atoms with Gasteiger partial charge in [-0.2, -0.15) is 0 Å². The Labute approximate surface area is 124 Å². The summed E-state index contributed by atoms with van der Waals surface area (Å²) in [7, 11) is 0. The van der Waals surface area contributed by atoms with Gasteiger partial charge in [-0.25, -0.2) is 0 Å². The Morgan fingerprint density at radius 1 is 1.42 bits per heavy atom. The average Bonchev–Trinajstić information content (AvgIpc) is 2.41. The SMILES string of the molecule is CCCNC1CCC(O)(Cc2ccc(Br)cn2)CC1. The molecule has 2 rings (SSSR count). The Hall–Kier alpha value is -0.450. The number of rotatable bonds is 5. The summed E-state index contributed by atoms with van der Waals surface area (Å²) in [6, 6.07) is 4.56. The third kappa shape index (κ3) is 4.55. The summed E-state index contributed by atoms with van der Waals surface area (Å²) in [5.41, 5.74) is 0.413. The molecule has 106 valence electrons. The van der Waals surface area contributed by atoms with Gasteiger partial charge < -0.3 is 10.4 Å². The lowest BCUT2D eigenvalue weighted by atomic mass is 9.79. The average molecular weight is 327 g/mol. The van der Waals surface area contributed by atoms with Crippen molar-refractivity contribution in [1.29, 1.82) is 0 Å². The van der Waals surface area contributed by atoms with Crippen LogP contribution in [0.4, 0.5) is 0 Å². The van der Waals surface area contributed by atoms with E-state index in [0.717, 1.165) is 42.4 Å². The van der Waals surface area contributed by atoms with Gasteiger partial charge in [0.05, 0.1) is 5.60 Å². The lowest BCUT2D eigenvalue weighted by Gasteiger charge is -2.36. The molecule has 0 unspecified atom stereocenters. The molecule has 0 atom stereocenters. The largest absolute Gasteiger partial charge is 0.389 e. The second-order valence-electron chi connectivity index (χ2n) is 5.60. The Morgan fingerprint density at radius 3 is 2.74 bits per heavy atom. The van der Waals surface area contributed by atoms with Crippen molar-refractivity contribution in [3.63, 3.8) is 0 Å². The summed E-state index contributed by atoms with van der Waals surface area (Å²) in [6.07, 6.45) is 7.50. The van der Waals surface area contributed by atoms with Crippen molar-refractivity contribution in [3.8, 4) is 0 Å². The summed E-state index contributed by atoms with van der Waals surface area (Å²) in [5.74, 6) is 0. The van der Waals surface area contributed by atoms with Gasteiger partial charge in [0, 0.05) is 28.8 Å². The van der Waals surface area contributed by atoms with E-state index in [-0.39, 0.29) is 0 Å². The van der Waals surface area contributed by atoms with Crippen LogP contribution in [0.25, 0.3) is 0 Å². The van der Waals surface area contributed by atoms with Gasteiger partial charge in [-0.05, 0) is 66.7 Å². The van der Waals surface area contributed by atoms with E-state index in [0.29, 0.717) is 12.5 Å². The summed E-state index contributed by atoms with van der Waals surface area (Å²) >= 11 is 3.38. The highest BCUT2D eigenvalue weighted by Gasteiger charge is 2.33. The van der Waals surface area contributed by atoms with Crippen LogP contribution in [-0.2, 0) is 6.42 Å². The van der Waals surface area contributed by atoms with E-state index in [4.69, 9.17) is 0 Å². The predicted octanol–water partition coefficient (Wildman–Crippen LogP) is 3.06. The zero-order valence-corrected chi connectivity index (χ0v) is 13.1. The van der Waals surface area contributed by atoms with Crippen LogP contribution in [0.3, 0.4) is 0 Å². The van der Waals surface area contributed by atoms with Crippen molar-refractivity contribution in [3.05, 3.63) is 28.5 Å². The fourth-order valence-corrected chi connectivity index (χ4v) is 2.97. The number of hydrogen-bond donors (Lipinski definition) is 2. The molecule has 0 radical (unpaired) electrons. The lowest BCUT2D eigenvalue weighted by molar-refractivity contribution is -0.00384. The van der Waals surface area contributed by atoms with Crippen LogP contribution < -0.4 is 5.32 Å². The second kappa shape index (κ2) is 6.82. The van der Waals surface area contributed by atoms with Crippen LogP contribution in [0.2, 0.25) is 0 Å². The van der Waals surface area contributed by atoms with E-state index in [1.807, 2.05) is 12.1 Å². The molecule has 0 spiro atoms. The van der Waals surface area contributed by atoms with E-state index in [1.54, 1.807) is 6.20 Å². The molecule has 0 aliphatic heterocycles. The minimum Gasteiger partial charge on any atom is -0.389 e. The third-order valence-electron chi connectivity index (χ3n) is 3.90. The Balaban J connectivity index is 1.85. The quantitative estimate of drug-likeness (QED) is 0.874. The van der Waals surface area contributed by atoms with Crippen molar-refractivity contribution >= 4 is 15.9 Å². The second-order valence-corrected chi connectivity index (χ2v) is 6.51. The topological polar surface area (TPSA) is 45.1 Å². The molecule has 3 nitrogen and oxygen atoms in total. The fraction of sp³-hybridized carbons (Fsp3) is 0.667. The van der Waals surface area contributed by atoms with E-state index < -0.39 is 5.60 Å². The molecular formula is C15H23BrN2O. The normalized spacial score (nSPS) is 27.4. The molecule has 0 bridgehead atoms. The number of aromatic nitrogens is 1. The number of halogens is 1. The van der Waals surface area contributed by atoms with Crippen LogP contribution in [0.1, 0.15) is 44.7 Å². The molecule has 4 heteroatoms. The van der Waals surface area contributed by atoms with Gasteiger partial charge in [-0.3, -0.25) is 4.98 Å². The van der Waals surface area contributed by atoms with Crippen LogP contribution >= 0.6 is 15.9 Å². The molecule has 2 N–H and O–H groups in total. The first-order valence-electron chi connectivity index (χ1n) is 7.17. The van der Waals surface area contributed by atoms with Gasteiger partial charge in [0.15, 0.2) is 0 Å². The Bertz CT molecular complexity index is 386. The molecule has 1 heterocycles. The summed E-state index contributed by atoms with van der Waals surface area (Å²) in [5, 5.41) is 14.2. The van der Waals surface area contributed by atoms with E-state index in [1.165, 1.54) is 6.42 Å². The number of nitrogens with zero attached hydrogens (tertiary/aromatic N) is 1.